The minimum absolute atomic E-state index is 0.0775. The van der Waals surface area contributed by atoms with Crippen LogP contribution in [0.25, 0.3) is 0 Å². The van der Waals surface area contributed by atoms with Crippen molar-refractivity contribution in [3.63, 3.8) is 0 Å². The number of rotatable bonds is 4. The van der Waals surface area contributed by atoms with E-state index in [9.17, 15) is 22.8 Å². The van der Waals surface area contributed by atoms with Gasteiger partial charge in [0.1, 0.15) is 0 Å². The van der Waals surface area contributed by atoms with Crippen LogP contribution in [0.5, 0.6) is 0 Å². The molecule has 1 N–H and O–H groups in total. The Labute approximate surface area is 129 Å². The quantitative estimate of drug-likeness (QED) is 0.687. The van der Waals surface area contributed by atoms with Gasteiger partial charge >= 0.3 is 6.18 Å². The van der Waals surface area contributed by atoms with Gasteiger partial charge in [0, 0.05) is 5.69 Å². The lowest BCUT2D eigenvalue weighted by Crippen LogP contribution is -2.14. The Hall–Kier alpha value is -2.92. The van der Waals surface area contributed by atoms with Gasteiger partial charge in [0.05, 0.1) is 17.7 Å². The van der Waals surface area contributed by atoms with Gasteiger partial charge in [0.2, 0.25) is 12.0 Å². The number of anilines is 1. The number of alkyl halides is 3. The van der Waals surface area contributed by atoms with Gasteiger partial charge in [0.15, 0.2) is 0 Å². The molecule has 2 aromatic carbocycles. The molecule has 0 unspecified atom stereocenters. The minimum atomic E-state index is -4.65. The molecule has 0 aliphatic carbocycles. The first-order chi connectivity index (χ1) is 10.9. The van der Waals surface area contributed by atoms with Crippen LogP contribution in [-0.2, 0) is 22.2 Å². The Balaban J connectivity index is 2.19. The number of isocyanates is 1. The molecule has 0 radical (unpaired) electrons. The zero-order valence-corrected chi connectivity index (χ0v) is 11.7. The molecule has 0 aromatic heterocycles. The van der Waals surface area contributed by atoms with E-state index in [-0.39, 0.29) is 12.1 Å². The number of benzene rings is 2. The fraction of sp³-hybridized carbons (Fsp3) is 0.125. The molecule has 0 fully saturated rings. The summed E-state index contributed by atoms with van der Waals surface area (Å²) in [5.74, 6) is -0.392. The fourth-order valence-electron chi connectivity index (χ4n) is 1.98. The first kappa shape index (κ1) is 16.5. The van der Waals surface area contributed by atoms with Crippen molar-refractivity contribution in [2.24, 2.45) is 4.99 Å². The number of aliphatic imine (C=N–C) groups is 1. The van der Waals surface area contributed by atoms with E-state index in [0.29, 0.717) is 0 Å². The molecular formula is C16H11F3N2O2. The van der Waals surface area contributed by atoms with Crippen molar-refractivity contribution < 1.29 is 22.8 Å². The second kappa shape index (κ2) is 6.89. The number of hydrogen-bond acceptors (Lipinski definition) is 3. The van der Waals surface area contributed by atoms with Crippen LogP contribution in [0.1, 0.15) is 11.1 Å². The third kappa shape index (κ3) is 4.52. The monoisotopic (exact) mass is 320 g/mol. The largest absolute Gasteiger partial charge is 0.418 e. The first-order valence-electron chi connectivity index (χ1n) is 6.53. The van der Waals surface area contributed by atoms with E-state index >= 15 is 0 Å². The second-order valence-electron chi connectivity index (χ2n) is 4.64. The summed E-state index contributed by atoms with van der Waals surface area (Å²) in [4.78, 5) is 25.2. The molecule has 0 aliphatic rings. The van der Waals surface area contributed by atoms with Gasteiger partial charge in [-0.25, -0.2) is 4.79 Å². The maximum absolute atomic E-state index is 12.8. The summed E-state index contributed by atoms with van der Waals surface area (Å²) in [5, 5.41) is 2.47. The number of amides is 1. The van der Waals surface area contributed by atoms with Gasteiger partial charge in [-0.3, -0.25) is 4.79 Å². The van der Waals surface area contributed by atoms with Crippen LogP contribution in [0.4, 0.5) is 24.5 Å². The van der Waals surface area contributed by atoms with Crippen LogP contribution >= 0.6 is 0 Å². The minimum Gasteiger partial charge on any atom is -0.326 e. The molecule has 0 saturated carbocycles. The van der Waals surface area contributed by atoms with E-state index in [0.717, 1.165) is 29.8 Å². The molecule has 7 heteroatoms. The van der Waals surface area contributed by atoms with Gasteiger partial charge in [-0.2, -0.15) is 18.2 Å². The van der Waals surface area contributed by atoms with Crippen LogP contribution in [0, 0.1) is 0 Å². The van der Waals surface area contributed by atoms with E-state index in [2.05, 4.69) is 10.3 Å². The van der Waals surface area contributed by atoms with E-state index < -0.39 is 23.3 Å². The molecular weight excluding hydrogens is 309 g/mol. The SMILES string of the molecule is O=C=Nc1cc(NC(=O)Cc2ccccc2)ccc1C(F)(F)F. The van der Waals surface area contributed by atoms with Crippen molar-refractivity contribution in [2.75, 3.05) is 5.32 Å². The fourth-order valence-corrected chi connectivity index (χ4v) is 1.98. The first-order valence-corrected chi connectivity index (χ1v) is 6.53. The third-order valence-electron chi connectivity index (χ3n) is 2.96. The molecule has 0 bridgehead atoms. The number of hydrogen-bond donors (Lipinski definition) is 1. The highest BCUT2D eigenvalue weighted by molar-refractivity contribution is 5.92. The van der Waals surface area contributed by atoms with Crippen LogP contribution in [0.3, 0.4) is 0 Å². The summed E-state index contributed by atoms with van der Waals surface area (Å²) in [6.07, 6.45) is -3.49. The van der Waals surface area contributed by atoms with Crippen LogP contribution in [0.2, 0.25) is 0 Å². The standard InChI is InChI=1S/C16H11F3N2O2/c17-16(18,19)13-7-6-12(9-14(13)20-10-22)21-15(23)8-11-4-2-1-3-5-11/h1-7,9H,8H2,(H,21,23). The van der Waals surface area contributed by atoms with E-state index in [1.54, 1.807) is 30.3 Å². The number of carbonyl (C=O) groups is 1. The zero-order valence-electron chi connectivity index (χ0n) is 11.7. The van der Waals surface area contributed by atoms with Crippen molar-refractivity contribution >= 4 is 23.4 Å². The molecule has 4 nitrogen and oxygen atoms in total. The van der Waals surface area contributed by atoms with Crippen molar-refractivity contribution in [3.8, 4) is 0 Å². The molecule has 0 heterocycles. The predicted molar refractivity (Wildman–Crippen MR) is 78.0 cm³/mol. The summed E-state index contributed by atoms with van der Waals surface area (Å²) in [5.41, 5.74) is -0.775. The van der Waals surface area contributed by atoms with Crippen molar-refractivity contribution in [3.05, 3.63) is 59.7 Å². The van der Waals surface area contributed by atoms with E-state index in [4.69, 9.17) is 0 Å². The van der Waals surface area contributed by atoms with Gasteiger partial charge < -0.3 is 5.32 Å². The second-order valence-corrected chi connectivity index (χ2v) is 4.64. The lowest BCUT2D eigenvalue weighted by molar-refractivity contribution is -0.137. The number of nitrogens with one attached hydrogen (secondary N) is 1. The van der Waals surface area contributed by atoms with Gasteiger partial charge in [-0.05, 0) is 23.8 Å². The number of nitrogens with zero attached hydrogens (tertiary/aromatic N) is 1. The molecule has 0 spiro atoms. The lowest BCUT2D eigenvalue weighted by Gasteiger charge is -2.11. The summed E-state index contributed by atoms with van der Waals surface area (Å²) < 4.78 is 38.3. The maximum atomic E-state index is 12.8. The summed E-state index contributed by atoms with van der Waals surface area (Å²) in [7, 11) is 0. The molecule has 118 valence electrons. The normalized spacial score (nSPS) is 10.7. The molecule has 2 aromatic rings. The maximum Gasteiger partial charge on any atom is 0.418 e. The Kier molecular flexibility index (Phi) is 4.93. The molecule has 0 atom stereocenters. The topological polar surface area (TPSA) is 58.5 Å². The molecule has 2 rings (SSSR count). The third-order valence-corrected chi connectivity index (χ3v) is 2.96. The Morgan fingerprint density at radius 1 is 1.13 bits per heavy atom. The Bertz CT molecular complexity index is 752. The van der Waals surface area contributed by atoms with Gasteiger partial charge in [-0.1, -0.05) is 30.3 Å². The van der Waals surface area contributed by atoms with Crippen molar-refractivity contribution in [1.82, 2.24) is 0 Å². The smallest absolute Gasteiger partial charge is 0.326 e. The highest BCUT2D eigenvalue weighted by Gasteiger charge is 2.33. The average Bonchev–Trinajstić information content (AvgIpc) is 2.47. The van der Waals surface area contributed by atoms with Crippen LogP contribution < -0.4 is 5.32 Å². The lowest BCUT2D eigenvalue weighted by atomic mass is 10.1. The van der Waals surface area contributed by atoms with Crippen molar-refractivity contribution in [2.45, 2.75) is 12.6 Å². The van der Waals surface area contributed by atoms with Gasteiger partial charge in [-0.15, -0.1) is 0 Å². The molecule has 1 amide bonds. The van der Waals surface area contributed by atoms with Gasteiger partial charge in [0.25, 0.3) is 0 Å². The number of carbonyl (C=O) groups excluding carboxylic acids is 2. The summed E-state index contributed by atoms with van der Waals surface area (Å²) in [6.45, 7) is 0. The van der Waals surface area contributed by atoms with E-state index in [1.165, 1.54) is 0 Å². The zero-order chi connectivity index (χ0) is 16.9. The Morgan fingerprint density at radius 3 is 2.43 bits per heavy atom. The predicted octanol–water partition coefficient (Wildman–Crippen LogP) is 3.85. The number of halogens is 3. The van der Waals surface area contributed by atoms with Crippen molar-refractivity contribution in [1.29, 1.82) is 0 Å². The van der Waals surface area contributed by atoms with E-state index in [1.807, 2.05) is 0 Å². The summed E-state index contributed by atoms with van der Waals surface area (Å²) >= 11 is 0. The molecule has 0 aliphatic heterocycles. The Morgan fingerprint density at radius 2 is 1.83 bits per heavy atom. The average molecular weight is 320 g/mol. The van der Waals surface area contributed by atoms with Crippen LogP contribution in [0.15, 0.2) is 53.5 Å². The highest BCUT2D eigenvalue weighted by atomic mass is 19.4. The molecule has 0 saturated heterocycles. The summed E-state index contributed by atoms with van der Waals surface area (Å²) in [6, 6.07) is 11.7. The highest BCUT2D eigenvalue weighted by Crippen LogP contribution is 2.37. The molecule has 23 heavy (non-hydrogen) atoms. The van der Waals surface area contributed by atoms with Crippen LogP contribution in [-0.4, -0.2) is 12.0 Å².